The summed E-state index contributed by atoms with van der Waals surface area (Å²) in [5.74, 6) is -0.940. The summed E-state index contributed by atoms with van der Waals surface area (Å²) >= 11 is 0. The zero-order chi connectivity index (χ0) is 39.3. The van der Waals surface area contributed by atoms with Crippen molar-refractivity contribution in [2.75, 3.05) is 47.0 Å². The predicted molar refractivity (Wildman–Crippen MR) is 224 cm³/mol. The van der Waals surface area contributed by atoms with Gasteiger partial charge in [0, 0.05) is 33.0 Å². The quantitative estimate of drug-likeness (QED) is 0.0280. The average Bonchev–Trinajstić information content (AvgIpc) is 3.15. The van der Waals surface area contributed by atoms with Gasteiger partial charge in [-0.3, -0.25) is 9.59 Å². The monoisotopic (exact) mass is 755 g/mol. The minimum absolute atomic E-state index is 0.0248. The molecule has 0 bridgehead atoms. The van der Waals surface area contributed by atoms with Crippen molar-refractivity contribution in [2.45, 2.75) is 161 Å². The molecular formula is C46H78N2O6. The van der Waals surface area contributed by atoms with Crippen LogP contribution in [0.25, 0.3) is 0 Å². The second-order valence-corrected chi connectivity index (χ2v) is 14.9. The SMILES string of the molecule is CC/C=C\C/C=C\C/C=C\CCCCCCCC(=O)OCC(COC(=O)CCCCCCC/C=C\C/C=C\CCCCC)COC(=O)N(C)C1CN(C)C1. The first-order chi connectivity index (χ1) is 26.4. The van der Waals surface area contributed by atoms with Crippen molar-refractivity contribution in [1.82, 2.24) is 9.80 Å². The third-order valence-corrected chi connectivity index (χ3v) is 9.65. The molecule has 54 heavy (non-hydrogen) atoms. The lowest BCUT2D eigenvalue weighted by molar-refractivity contribution is -0.150. The molecule has 0 spiro atoms. The van der Waals surface area contributed by atoms with Crippen LogP contribution in [-0.2, 0) is 23.8 Å². The fourth-order valence-corrected chi connectivity index (χ4v) is 6.03. The van der Waals surface area contributed by atoms with Gasteiger partial charge in [-0.1, -0.05) is 126 Å². The van der Waals surface area contributed by atoms with E-state index >= 15 is 0 Å². The molecule has 8 nitrogen and oxygen atoms in total. The molecule has 0 radical (unpaired) electrons. The summed E-state index contributed by atoms with van der Waals surface area (Å²) in [5.41, 5.74) is 0. The summed E-state index contributed by atoms with van der Waals surface area (Å²) in [5, 5.41) is 0. The van der Waals surface area contributed by atoms with E-state index in [9.17, 15) is 14.4 Å². The second kappa shape index (κ2) is 35.6. The second-order valence-electron chi connectivity index (χ2n) is 14.9. The Balaban J connectivity index is 2.26. The predicted octanol–water partition coefficient (Wildman–Crippen LogP) is 11.5. The zero-order valence-corrected chi connectivity index (χ0v) is 34.9. The molecule has 1 saturated heterocycles. The van der Waals surface area contributed by atoms with Gasteiger partial charge in [0.2, 0.25) is 0 Å². The number of likely N-dealkylation sites (N-methyl/N-ethyl adjacent to an activating group) is 2. The Kier molecular flexibility index (Phi) is 32.2. The average molecular weight is 755 g/mol. The molecule has 0 aromatic carbocycles. The molecular weight excluding hydrogens is 677 g/mol. The number of carbonyl (C=O) groups excluding carboxylic acids is 3. The first kappa shape index (κ1) is 48.9. The van der Waals surface area contributed by atoms with Crippen LogP contribution in [0.15, 0.2) is 60.8 Å². The van der Waals surface area contributed by atoms with E-state index in [-0.39, 0.29) is 37.8 Å². The number of allylic oxidation sites excluding steroid dienone is 10. The highest BCUT2D eigenvalue weighted by molar-refractivity contribution is 5.70. The lowest BCUT2D eigenvalue weighted by atomic mass is 10.1. The van der Waals surface area contributed by atoms with E-state index in [1.807, 2.05) is 7.05 Å². The first-order valence-corrected chi connectivity index (χ1v) is 21.5. The minimum Gasteiger partial charge on any atom is -0.465 e. The molecule has 0 aromatic heterocycles. The summed E-state index contributed by atoms with van der Waals surface area (Å²) in [6.07, 6.45) is 44.4. The molecule has 8 heteroatoms. The summed E-state index contributed by atoms with van der Waals surface area (Å²) in [7, 11) is 3.75. The van der Waals surface area contributed by atoms with Crippen LogP contribution in [0.2, 0.25) is 0 Å². The molecule has 1 amide bonds. The zero-order valence-electron chi connectivity index (χ0n) is 34.9. The molecule has 1 rings (SSSR count). The Morgan fingerprint density at radius 3 is 1.44 bits per heavy atom. The van der Waals surface area contributed by atoms with Crippen molar-refractivity contribution < 1.29 is 28.6 Å². The number of hydrogen-bond donors (Lipinski definition) is 0. The van der Waals surface area contributed by atoms with Crippen molar-refractivity contribution >= 4 is 18.0 Å². The van der Waals surface area contributed by atoms with Crippen LogP contribution in [0, 0.1) is 5.92 Å². The van der Waals surface area contributed by atoms with Crippen molar-refractivity contribution in [2.24, 2.45) is 5.92 Å². The van der Waals surface area contributed by atoms with Gasteiger partial charge in [0.15, 0.2) is 0 Å². The summed E-state index contributed by atoms with van der Waals surface area (Å²) in [6, 6.07) is 0.127. The normalized spacial score (nSPS) is 14.5. The lowest BCUT2D eigenvalue weighted by Gasteiger charge is -2.41. The third kappa shape index (κ3) is 29.3. The smallest absolute Gasteiger partial charge is 0.409 e. The number of esters is 2. The van der Waals surface area contributed by atoms with Gasteiger partial charge in [-0.05, 0) is 84.1 Å². The van der Waals surface area contributed by atoms with E-state index in [1.165, 1.54) is 32.1 Å². The standard InChI is InChI=1S/C46H78N2O6/c1-5-7-9-11-13-15-17-19-21-23-25-27-29-31-33-35-44(49)52-39-42(41-54-46(51)48(4)43-37-47(3)38-43)40-53-45(50)36-34-32-30-28-26-24-22-20-18-16-14-12-10-8-6-2/h7,9,13-16,19-22,42-43H,5-6,8,10-12,17-18,23-41H2,1-4H3/b9-7-,15-13-,16-14-,21-19-,22-20-. The third-order valence-electron chi connectivity index (χ3n) is 9.65. The summed E-state index contributed by atoms with van der Waals surface area (Å²) in [6.45, 7) is 6.13. The Morgan fingerprint density at radius 2 is 0.981 bits per heavy atom. The van der Waals surface area contributed by atoms with E-state index in [2.05, 4.69) is 79.5 Å². The molecule has 1 fully saturated rings. The molecule has 0 saturated carbocycles. The maximum absolute atomic E-state index is 12.7. The number of unbranched alkanes of at least 4 members (excludes halogenated alkanes) is 13. The van der Waals surface area contributed by atoms with Gasteiger partial charge >= 0.3 is 18.0 Å². The number of carbonyl (C=O) groups is 3. The van der Waals surface area contributed by atoms with Gasteiger partial charge in [-0.25, -0.2) is 4.79 Å². The largest absolute Gasteiger partial charge is 0.465 e. The van der Waals surface area contributed by atoms with Crippen molar-refractivity contribution in [3.63, 3.8) is 0 Å². The van der Waals surface area contributed by atoms with Crippen LogP contribution in [0.1, 0.15) is 155 Å². The van der Waals surface area contributed by atoms with Crippen LogP contribution in [0.3, 0.4) is 0 Å². The Bertz CT molecular complexity index is 1090. The molecule has 308 valence electrons. The molecule has 0 aromatic rings. The Labute approximate surface area is 330 Å². The number of amides is 1. The van der Waals surface area contributed by atoms with Gasteiger partial charge in [0.1, 0.15) is 19.8 Å². The highest BCUT2D eigenvalue weighted by Crippen LogP contribution is 2.14. The van der Waals surface area contributed by atoms with Gasteiger partial charge < -0.3 is 24.0 Å². The number of rotatable bonds is 34. The van der Waals surface area contributed by atoms with Crippen molar-refractivity contribution in [1.29, 1.82) is 0 Å². The van der Waals surface area contributed by atoms with Crippen molar-refractivity contribution in [3.05, 3.63) is 60.8 Å². The van der Waals surface area contributed by atoms with Gasteiger partial charge in [-0.15, -0.1) is 0 Å². The van der Waals surface area contributed by atoms with Gasteiger partial charge in [0.05, 0.1) is 12.0 Å². The van der Waals surface area contributed by atoms with Gasteiger partial charge in [-0.2, -0.15) is 0 Å². The first-order valence-electron chi connectivity index (χ1n) is 21.5. The minimum atomic E-state index is -0.413. The van der Waals surface area contributed by atoms with Crippen molar-refractivity contribution in [3.8, 4) is 0 Å². The van der Waals surface area contributed by atoms with E-state index < -0.39 is 12.0 Å². The summed E-state index contributed by atoms with van der Waals surface area (Å²) in [4.78, 5) is 41.5. The fraction of sp³-hybridized carbons (Fsp3) is 0.717. The van der Waals surface area contributed by atoms with Crippen LogP contribution in [0.4, 0.5) is 4.79 Å². The topological polar surface area (TPSA) is 85.4 Å². The van der Waals surface area contributed by atoms with Crippen LogP contribution >= 0.6 is 0 Å². The Hall–Kier alpha value is -3.13. The number of nitrogens with zero attached hydrogens (tertiary/aromatic N) is 2. The Morgan fingerprint density at radius 1 is 0.574 bits per heavy atom. The molecule has 0 N–H and O–H groups in total. The number of likely N-dealkylation sites (tertiary alicyclic amines) is 1. The van der Waals surface area contributed by atoms with Crippen LogP contribution < -0.4 is 0 Å². The molecule has 1 aliphatic heterocycles. The van der Waals surface area contributed by atoms with Crippen LogP contribution in [-0.4, -0.2) is 80.9 Å². The molecule has 1 aliphatic rings. The molecule has 0 aliphatic carbocycles. The summed E-state index contributed by atoms with van der Waals surface area (Å²) < 4.78 is 16.7. The highest BCUT2D eigenvalue weighted by Gasteiger charge is 2.31. The van der Waals surface area contributed by atoms with Crippen LogP contribution in [0.5, 0.6) is 0 Å². The van der Waals surface area contributed by atoms with Gasteiger partial charge in [0.25, 0.3) is 0 Å². The highest BCUT2D eigenvalue weighted by atomic mass is 16.6. The number of ether oxygens (including phenoxy) is 3. The molecule has 1 unspecified atom stereocenters. The van der Waals surface area contributed by atoms with E-state index in [0.29, 0.717) is 12.8 Å². The van der Waals surface area contributed by atoms with E-state index in [4.69, 9.17) is 14.2 Å². The molecule has 1 atom stereocenters. The lowest BCUT2D eigenvalue weighted by Crippen LogP contribution is -2.58. The fourth-order valence-electron chi connectivity index (χ4n) is 6.03. The maximum atomic E-state index is 12.7. The van der Waals surface area contributed by atoms with E-state index in [1.54, 1.807) is 11.9 Å². The number of hydrogen-bond acceptors (Lipinski definition) is 7. The van der Waals surface area contributed by atoms with E-state index in [0.717, 1.165) is 109 Å². The molecule has 1 heterocycles. The maximum Gasteiger partial charge on any atom is 0.409 e.